The minimum atomic E-state index is -0.402. The topological polar surface area (TPSA) is 67.4 Å². The first-order chi connectivity index (χ1) is 13.9. The number of benzene rings is 1. The summed E-state index contributed by atoms with van der Waals surface area (Å²) in [4.78, 5) is 16.9. The average molecular weight is 397 g/mol. The molecule has 0 N–H and O–H groups in total. The van der Waals surface area contributed by atoms with Gasteiger partial charge in [0.05, 0.1) is 17.4 Å². The molecule has 1 aliphatic heterocycles. The Balaban J connectivity index is 1.57. The molecule has 1 atom stereocenters. The monoisotopic (exact) mass is 397 g/mol. The Morgan fingerprint density at radius 3 is 2.86 bits per heavy atom. The van der Waals surface area contributed by atoms with Crippen LogP contribution in [-0.2, 0) is 13.6 Å². The second kappa shape index (κ2) is 7.79. The van der Waals surface area contributed by atoms with Crippen molar-refractivity contribution >= 4 is 5.91 Å². The van der Waals surface area contributed by atoms with Crippen molar-refractivity contribution in [1.82, 2.24) is 24.7 Å². The van der Waals surface area contributed by atoms with Crippen LogP contribution in [0.3, 0.4) is 0 Å². The highest BCUT2D eigenvalue weighted by Gasteiger charge is 2.34. The quantitative estimate of drug-likeness (QED) is 0.661. The van der Waals surface area contributed by atoms with Crippen molar-refractivity contribution in [2.24, 2.45) is 7.05 Å². The molecule has 1 aliphatic rings. The maximum Gasteiger partial charge on any atom is 0.293 e. The van der Waals surface area contributed by atoms with Crippen LogP contribution in [0, 0.1) is 5.82 Å². The van der Waals surface area contributed by atoms with E-state index in [1.54, 1.807) is 23.1 Å². The highest BCUT2D eigenvalue weighted by Crippen LogP contribution is 2.33. The van der Waals surface area contributed by atoms with Crippen molar-refractivity contribution in [3.63, 3.8) is 0 Å². The summed E-state index contributed by atoms with van der Waals surface area (Å²) in [6.45, 7) is 1.40. The lowest BCUT2D eigenvalue weighted by Crippen LogP contribution is -2.30. The Morgan fingerprint density at radius 2 is 2.10 bits per heavy atom. The van der Waals surface area contributed by atoms with Crippen molar-refractivity contribution in [3.05, 3.63) is 59.4 Å². The molecular formula is C21H24FN5O2. The van der Waals surface area contributed by atoms with E-state index in [9.17, 15) is 9.18 Å². The minimum absolute atomic E-state index is 0.105. The second-order valence-electron chi connectivity index (χ2n) is 7.63. The largest absolute Gasteiger partial charge is 0.350 e. The molecule has 0 radical (unpaired) electrons. The number of amides is 1. The van der Waals surface area contributed by atoms with Crippen LogP contribution < -0.4 is 0 Å². The molecule has 8 heteroatoms. The van der Waals surface area contributed by atoms with Gasteiger partial charge in [0.15, 0.2) is 0 Å². The molecule has 0 bridgehead atoms. The first-order valence-corrected chi connectivity index (χ1v) is 9.64. The third kappa shape index (κ3) is 3.80. The maximum atomic E-state index is 14.0. The van der Waals surface area contributed by atoms with Crippen molar-refractivity contribution in [3.8, 4) is 11.3 Å². The molecule has 1 unspecified atom stereocenters. The van der Waals surface area contributed by atoms with Gasteiger partial charge in [-0.3, -0.25) is 9.48 Å². The number of likely N-dealkylation sites (tertiary alicyclic amines) is 1. The molecule has 2 aromatic heterocycles. The standard InChI is InChI=1S/C21H24FN5O2/c1-25(2)13-14-11-18(23-26(14)3)19-9-6-10-27(19)21(28)20-12-17(24-29-20)15-7-4-5-8-16(15)22/h4-5,7-8,11-12,19H,6,9-10,13H2,1-3H3. The van der Waals surface area contributed by atoms with Crippen molar-refractivity contribution in [2.45, 2.75) is 25.4 Å². The summed E-state index contributed by atoms with van der Waals surface area (Å²) < 4.78 is 21.1. The van der Waals surface area contributed by atoms with Crippen LogP contribution in [0.4, 0.5) is 4.39 Å². The molecule has 1 amide bonds. The number of rotatable bonds is 5. The minimum Gasteiger partial charge on any atom is -0.350 e. The molecule has 1 saturated heterocycles. The average Bonchev–Trinajstić information content (AvgIpc) is 3.41. The Bertz CT molecular complexity index is 1030. The fourth-order valence-corrected chi connectivity index (χ4v) is 3.80. The summed E-state index contributed by atoms with van der Waals surface area (Å²) in [5, 5.41) is 8.54. The van der Waals surface area contributed by atoms with Gasteiger partial charge in [-0.25, -0.2) is 4.39 Å². The van der Waals surface area contributed by atoms with Gasteiger partial charge in [0.1, 0.15) is 11.5 Å². The van der Waals surface area contributed by atoms with E-state index in [-0.39, 0.29) is 17.7 Å². The molecule has 3 aromatic rings. The van der Waals surface area contributed by atoms with E-state index in [0.29, 0.717) is 17.8 Å². The lowest BCUT2D eigenvalue weighted by Gasteiger charge is -2.21. The Labute approximate surface area is 168 Å². The Kier molecular flexibility index (Phi) is 5.19. The van der Waals surface area contributed by atoms with Crippen LogP contribution in [0.25, 0.3) is 11.3 Å². The van der Waals surface area contributed by atoms with E-state index in [2.05, 4.69) is 21.2 Å². The zero-order valence-corrected chi connectivity index (χ0v) is 16.8. The van der Waals surface area contributed by atoms with Gasteiger partial charge in [-0.1, -0.05) is 17.3 Å². The molecule has 3 heterocycles. The van der Waals surface area contributed by atoms with E-state index < -0.39 is 5.82 Å². The normalized spacial score (nSPS) is 16.7. The second-order valence-corrected chi connectivity index (χ2v) is 7.63. The predicted molar refractivity (Wildman–Crippen MR) is 106 cm³/mol. The molecule has 1 fully saturated rings. The van der Waals surface area contributed by atoms with Gasteiger partial charge in [0.25, 0.3) is 5.91 Å². The molecule has 0 aliphatic carbocycles. The molecule has 7 nitrogen and oxygen atoms in total. The van der Waals surface area contributed by atoms with Crippen LogP contribution in [0.1, 0.15) is 40.8 Å². The summed E-state index contributed by atoms with van der Waals surface area (Å²) in [6, 6.07) is 9.75. The lowest BCUT2D eigenvalue weighted by atomic mass is 10.1. The van der Waals surface area contributed by atoms with E-state index in [1.165, 1.54) is 12.1 Å². The molecular weight excluding hydrogens is 373 g/mol. The third-order valence-electron chi connectivity index (χ3n) is 5.20. The first-order valence-electron chi connectivity index (χ1n) is 9.64. The number of carbonyl (C=O) groups excluding carboxylic acids is 1. The van der Waals surface area contributed by atoms with Crippen LogP contribution in [0.15, 0.2) is 40.9 Å². The Morgan fingerprint density at radius 1 is 1.31 bits per heavy atom. The van der Waals surface area contributed by atoms with Gasteiger partial charge in [0.2, 0.25) is 5.76 Å². The van der Waals surface area contributed by atoms with Crippen LogP contribution in [-0.4, -0.2) is 51.3 Å². The van der Waals surface area contributed by atoms with Gasteiger partial charge in [0, 0.05) is 31.8 Å². The van der Waals surface area contributed by atoms with E-state index in [1.807, 2.05) is 25.8 Å². The molecule has 152 valence electrons. The molecule has 0 spiro atoms. The number of halogens is 1. The molecule has 4 rings (SSSR count). The van der Waals surface area contributed by atoms with E-state index in [4.69, 9.17) is 4.52 Å². The third-order valence-corrected chi connectivity index (χ3v) is 5.20. The van der Waals surface area contributed by atoms with Gasteiger partial charge in [-0.15, -0.1) is 0 Å². The smallest absolute Gasteiger partial charge is 0.293 e. The highest BCUT2D eigenvalue weighted by molar-refractivity contribution is 5.93. The van der Waals surface area contributed by atoms with Gasteiger partial charge in [-0.2, -0.15) is 5.10 Å². The number of hydrogen-bond donors (Lipinski definition) is 0. The summed E-state index contributed by atoms with van der Waals surface area (Å²) in [6.07, 6.45) is 1.74. The van der Waals surface area contributed by atoms with Crippen LogP contribution in [0.2, 0.25) is 0 Å². The van der Waals surface area contributed by atoms with Crippen molar-refractivity contribution < 1.29 is 13.7 Å². The summed E-state index contributed by atoms with van der Waals surface area (Å²) in [5.41, 5.74) is 2.59. The molecule has 29 heavy (non-hydrogen) atoms. The van der Waals surface area contributed by atoms with E-state index >= 15 is 0 Å². The van der Waals surface area contributed by atoms with Crippen LogP contribution in [0.5, 0.6) is 0 Å². The number of carbonyl (C=O) groups is 1. The number of aromatic nitrogens is 3. The number of aryl methyl sites for hydroxylation is 1. The van der Waals surface area contributed by atoms with Gasteiger partial charge >= 0.3 is 0 Å². The fraction of sp³-hybridized carbons (Fsp3) is 0.381. The lowest BCUT2D eigenvalue weighted by molar-refractivity contribution is 0.0690. The number of hydrogen-bond acceptors (Lipinski definition) is 5. The molecule has 0 saturated carbocycles. The molecule has 1 aromatic carbocycles. The van der Waals surface area contributed by atoms with Crippen molar-refractivity contribution in [1.29, 1.82) is 0 Å². The zero-order chi connectivity index (χ0) is 20.5. The zero-order valence-electron chi connectivity index (χ0n) is 16.8. The van der Waals surface area contributed by atoms with Gasteiger partial charge < -0.3 is 14.3 Å². The SMILES string of the molecule is CN(C)Cc1cc(C2CCCN2C(=O)c2cc(-c3ccccc3F)no2)nn1C. The summed E-state index contributed by atoms with van der Waals surface area (Å²) in [7, 11) is 5.94. The fourth-order valence-electron chi connectivity index (χ4n) is 3.80. The van der Waals surface area contributed by atoms with E-state index in [0.717, 1.165) is 30.8 Å². The van der Waals surface area contributed by atoms with Crippen molar-refractivity contribution in [2.75, 3.05) is 20.6 Å². The first kappa shape index (κ1) is 19.3. The number of nitrogens with zero attached hydrogens (tertiary/aromatic N) is 5. The van der Waals surface area contributed by atoms with Gasteiger partial charge in [-0.05, 0) is 45.1 Å². The predicted octanol–water partition coefficient (Wildman–Crippen LogP) is 3.25. The summed E-state index contributed by atoms with van der Waals surface area (Å²) in [5.74, 6) is -0.539. The summed E-state index contributed by atoms with van der Waals surface area (Å²) >= 11 is 0. The maximum absolute atomic E-state index is 14.0. The van der Waals surface area contributed by atoms with Crippen LogP contribution >= 0.6 is 0 Å². The highest BCUT2D eigenvalue weighted by atomic mass is 19.1. The Hall–Kier alpha value is -3.00.